The summed E-state index contributed by atoms with van der Waals surface area (Å²) >= 11 is 0. The Bertz CT molecular complexity index is 597. The molecule has 0 radical (unpaired) electrons. The van der Waals surface area contributed by atoms with Crippen molar-refractivity contribution in [1.82, 2.24) is 4.98 Å². The van der Waals surface area contributed by atoms with Crippen LogP contribution in [-0.2, 0) is 6.42 Å². The molecule has 0 saturated carbocycles. The molecule has 1 aromatic carbocycles. The van der Waals surface area contributed by atoms with Gasteiger partial charge in [0.2, 0.25) is 0 Å². The van der Waals surface area contributed by atoms with Crippen LogP contribution in [0.4, 0.5) is 5.82 Å². The first-order valence-corrected chi connectivity index (χ1v) is 6.89. The third kappa shape index (κ3) is 3.58. The number of benzene rings is 1. The van der Waals surface area contributed by atoms with Crippen LogP contribution >= 0.6 is 0 Å². The third-order valence-electron chi connectivity index (χ3n) is 3.18. The lowest BCUT2D eigenvalue weighted by Gasteiger charge is -2.11. The van der Waals surface area contributed by atoms with Crippen LogP contribution in [0.3, 0.4) is 0 Å². The van der Waals surface area contributed by atoms with E-state index in [2.05, 4.69) is 42.4 Å². The van der Waals surface area contributed by atoms with E-state index < -0.39 is 0 Å². The Labute approximate surface area is 120 Å². The van der Waals surface area contributed by atoms with Gasteiger partial charge in [0.15, 0.2) is 0 Å². The molecular formula is C17H19N3. The van der Waals surface area contributed by atoms with Crippen LogP contribution in [0.15, 0.2) is 42.5 Å². The van der Waals surface area contributed by atoms with Crippen LogP contribution < -0.4 is 5.32 Å². The molecule has 0 aliphatic heterocycles. The fourth-order valence-corrected chi connectivity index (χ4v) is 1.99. The zero-order chi connectivity index (χ0) is 14.4. The van der Waals surface area contributed by atoms with Crippen molar-refractivity contribution in [3.8, 4) is 6.07 Å². The van der Waals surface area contributed by atoms with E-state index >= 15 is 0 Å². The van der Waals surface area contributed by atoms with Crippen LogP contribution in [0, 0.1) is 11.3 Å². The lowest BCUT2D eigenvalue weighted by atomic mass is 10.1. The van der Waals surface area contributed by atoms with Crippen molar-refractivity contribution in [3.05, 3.63) is 59.3 Å². The molecule has 1 aromatic heterocycles. The first-order valence-electron chi connectivity index (χ1n) is 6.89. The number of nitrogens with zero attached hydrogens (tertiary/aromatic N) is 2. The van der Waals surface area contributed by atoms with E-state index in [1.807, 2.05) is 30.3 Å². The number of rotatable bonds is 5. The average Bonchev–Trinajstić information content (AvgIpc) is 2.48. The van der Waals surface area contributed by atoms with Gasteiger partial charge in [0.25, 0.3) is 0 Å². The summed E-state index contributed by atoms with van der Waals surface area (Å²) in [6.45, 7) is 4.97. The van der Waals surface area contributed by atoms with E-state index in [1.54, 1.807) is 0 Å². The van der Waals surface area contributed by atoms with Gasteiger partial charge in [-0.15, -0.1) is 0 Å². The largest absolute Gasteiger partial charge is 0.369 e. The smallest absolute Gasteiger partial charge is 0.144 e. The highest BCUT2D eigenvalue weighted by Gasteiger charge is 2.07. The van der Waals surface area contributed by atoms with Gasteiger partial charge in [0.1, 0.15) is 11.9 Å². The van der Waals surface area contributed by atoms with Crippen LogP contribution in [0.5, 0.6) is 0 Å². The van der Waals surface area contributed by atoms with E-state index in [0.717, 1.165) is 18.7 Å². The highest BCUT2D eigenvalue weighted by Crippen LogP contribution is 2.18. The number of anilines is 1. The Morgan fingerprint density at radius 2 is 1.90 bits per heavy atom. The van der Waals surface area contributed by atoms with Crippen molar-refractivity contribution >= 4 is 5.82 Å². The van der Waals surface area contributed by atoms with Crippen molar-refractivity contribution in [2.45, 2.75) is 26.2 Å². The van der Waals surface area contributed by atoms with E-state index in [1.165, 1.54) is 5.56 Å². The Morgan fingerprint density at radius 3 is 2.55 bits per heavy atom. The van der Waals surface area contributed by atoms with Crippen LogP contribution in [0.2, 0.25) is 0 Å². The zero-order valence-electron chi connectivity index (χ0n) is 11.9. The van der Waals surface area contributed by atoms with Gasteiger partial charge < -0.3 is 5.32 Å². The summed E-state index contributed by atoms with van der Waals surface area (Å²) in [7, 11) is 0. The van der Waals surface area contributed by atoms with E-state index in [0.29, 0.717) is 17.3 Å². The summed E-state index contributed by atoms with van der Waals surface area (Å²) in [5.41, 5.74) is 2.88. The van der Waals surface area contributed by atoms with Gasteiger partial charge in [0, 0.05) is 12.2 Å². The molecule has 0 amide bonds. The molecule has 3 heteroatoms. The molecule has 0 fully saturated rings. The summed E-state index contributed by atoms with van der Waals surface area (Å²) in [6.07, 6.45) is 0.916. The molecule has 2 rings (SSSR count). The number of pyridine rings is 1. The first kappa shape index (κ1) is 14.1. The van der Waals surface area contributed by atoms with E-state index in [4.69, 9.17) is 5.26 Å². The second-order valence-electron chi connectivity index (χ2n) is 5.06. The summed E-state index contributed by atoms with van der Waals surface area (Å²) in [5, 5.41) is 12.4. The monoisotopic (exact) mass is 265 g/mol. The van der Waals surface area contributed by atoms with Gasteiger partial charge in [-0.05, 0) is 30.0 Å². The minimum absolute atomic E-state index is 0.359. The van der Waals surface area contributed by atoms with Gasteiger partial charge in [-0.25, -0.2) is 4.98 Å². The van der Waals surface area contributed by atoms with Gasteiger partial charge in [0.05, 0.1) is 5.56 Å². The third-order valence-corrected chi connectivity index (χ3v) is 3.18. The van der Waals surface area contributed by atoms with Crippen molar-refractivity contribution in [2.24, 2.45) is 0 Å². The normalized spacial score (nSPS) is 10.3. The number of nitrogens with one attached hydrogen (secondary N) is 1. The van der Waals surface area contributed by atoms with Crippen LogP contribution in [0.1, 0.15) is 36.6 Å². The lowest BCUT2D eigenvalue weighted by molar-refractivity contribution is 0.821. The molecule has 0 aliphatic rings. The summed E-state index contributed by atoms with van der Waals surface area (Å²) in [5.74, 6) is 1.05. The van der Waals surface area contributed by atoms with Crippen molar-refractivity contribution in [1.29, 1.82) is 5.26 Å². The second-order valence-corrected chi connectivity index (χ2v) is 5.06. The second kappa shape index (κ2) is 6.72. The minimum Gasteiger partial charge on any atom is -0.369 e. The predicted molar refractivity (Wildman–Crippen MR) is 81.7 cm³/mol. The SMILES string of the molecule is CC(C)c1ccc(C#N)c(NCCc2ccccc2)n1. The van der Waals surface area contributed by atoms with Gasteiger partial charge in [-0.1, -0.05) is 44.2 Å². The highest BCUT2D eigenvalue weighted by atomic mass is 15.0. The fraction of sp³-hybridized carbons (Fsp3) is 0.294. The maximum Gasteiger partial charge on any atom is 0.144 e. The Hall–Kier alpha value is -2.34. The molecule has 1 N–H and O–H groups in total. The number of hydrogen-bond acceptors (Lipinski definition) is 3. The molecular weight excluding hydrogens is 246 g/mol. The number of aromatic nitrogens is 1. The molecule has 0 saturated heterocycles. The lowest BCUT2D eigenvalue weighted by Crippen LogP contribution is -2.09. The topological polar surface area (TPSA) is 48.7 Å². The highest BCUT2D eigenvalue weighted by molar-refractivity contribution is 5.52. The summed E-state index contributed by atoms with van der Waals surface area (Å²) in [4.78, 5) is 4.54. The standard InChI is InChI=1S/C17H19N3/c1-13(2)16-9-8-15(12-18)17(20-16)19-11-10-14-6-4-3-5-7-14/h3-9,13H,10-11H2,1-2H3,(H,19,20). The molecule has 1 heterocycles. The van der Waals surface area contributed by atoms with E-state index in [9.17, 15) is 0 Å². The molecule has 20 heavy (non-hydrogen) atoms. The average molecular weight is 265 g/mol. The van der Waals surface area contributed by atoms with Gasteiger partial charge >= 0.3 is 0 Å². The quantitative estimate of drug-likeness (QED) is 0.896. The Kier molecular flexibility index (Phi) is 4.73. The van der Waals surface area contributed by atoms with Crippen molar-refractivity contribution in [3.63, 3.8) is 0 Å². The first-order chi connectivity index (χ1) is 9.70. The van der Waals surface area contributed by atoms with Crippen molar-refractivity contribution < 1.29 is 0 Å². The summed E-state index contributed by atoms with van der Waals surface area (Å²) in [6, 6.07) is 16.2. The molecule has 2 aromatic rings. The number of hydrogen-bond donors (Lipinski definition) is 1. The molecule has 0 atom stereocenters. The molecule has 0 aliphatic carbocycles. The van der Waals surface area contributed by atoms with Crippen LogP contribution in [-0.4, -0.2) is 11.5 Å². The molecule has 0 bridgehead atoms. The maximum atomic E-state index is 9.13. The zero-order valence-corrected chi connectivity index (χ0v) is 11.9. The fourth-order valence-electron chi connectivity index (χ4n) is 1.99. The van der Waals surface area contributed by atoms with Crippen LogP contribution in [0.25, 0.3) is 0 Å². The predicted octanol–water partition coefficient (Wildman–Crippen LogP) is 3.73. The van der Waals surface area contributed by atoms with E-state index in [-0.39, 0.29) is 0 Å². The maximum absolute atomic E-state index is 9.13. The van der Waals surface area contributed by atoms with Gasteiger partial charge in [-0.2, -0.15) is 5.26 Å². The molecule has 102 valence electrons. The summed E-state index contributed by atoms with van der Waals surface area (Å²) < 4.78 is 0. The molecule has 0 unspecified atom stereocenters. The molecule has 0 spiro atoms. The molecule has 3 nitrogen and oxygen atoms in total. The Balaban J connectivity index is 2.05. The van der Waals surface area contributed by atoms with Gasteiger partial charge in [-0.3, -0.25) is 0 Å². The number of nitriles is 1. The Morgan fingerprint density at radius 1 is 1.15 bits per heavy atom. The minimum atomic E-state index is 0.359. The van der Waals surface area contributed by atoms with Crippen molar-refractivity contribution in [2.75, 3.05) is 11.9 Å².